The van der Waals surface area contributed by atoms with E-state index in [2.05, 4.69) is 20.8 Å². The summed E-state index contributed by atoms with van der Waals surface area (Å²) in [6.45, 7) is 3.29. The molecule has 27 heavy (non-hydrogen) atoms. The zero-order valence-electron chi connectivity index (χ0n) is 15.1. The highest BCUT2D eigenvalue weighted by Gasteiger charge is 2.22. The van der Waals surface area contributed by atoms with E-state index in [1.165, 1.54) is 11.7 Å². The number of carbonyl (C=O) groups excluding carboxylic acids is 1. The van der Waals surface area contributed by atoms with Crippen molar-refractivity contribution in [2.45, 2.75) is 13.1 Å². The maximum absolute atomic E-state index is 12.5. The number of carbonyl (C=O) groups is 1. The van der Waals surface area contributed by atoms with E-state index < -0.39 is 5.56 Å². The first kappa shape index (κ1) is 19.4. The van der Waals surface area contributed by atoms with Gasteiger partial charge in [-0.3, -0.25) is 9.69 Å². The Balaban J connectivity index is 1.68. The molecule has 8 heteroatoms. The second kappa shape index (κ2) is 8.58. The minimum absolute atomic E-state index is 0.222. The molecule has 0 atom stereocenters. The monoisotopic (exact) mass is 435 g/mol. The van der Waals surface area contributed by atoms with Crippen molar-refractivity contribution in [1.29, 1.82) is 0 Å². The van der Waals surface area contributed by atoms with Crippen LogP contribution in [0.5, 0.6) is 5.75 Å². The van der Waals surface area contributed by atoms with Gasteiger partial charge in [-0.05, 0) is 17.7 Å². The summed E-state index contributed by atoms with van der Waals surface area (Å²) in [5, 5.41) is 10.4. The molecule has 7 nitrogen and oxygen atoms in total. The van der Waals surface area contributed by atoms with Crippen LogP contribution in [0.15, 0.2) is 45.8 Å². The molecule has 0 saturated carbocycles. The summed E-state index contributed by atoms with van der Waals surface area (Å²) in [4.78, 5) is 27.8. The standard InChI is InChI=1S/C19H22BrN3O4/c1-27-19(26)22-10-8-21(9-11-22)12-15-6-7-23(18(25)17(15)24)13-14-4-2-3-5-16(14)20/h2-7,24H,8-13H2,1H3. The molecule has 2 heterocycles. The minimum Gasteiger partial charge on any atom is -0.503 e. The first-order valence-corrected chi connectivity index (χ1v) is 9.49. The van der Waals surface area contributed by atoms with Gasteiger partial charge < -0.3 is 19.3 Å². The van der Waals surface area contributed by atoms with Crippen molar-refractivity contribution in [2.75, 3.05) is 33.3 Å². The van der Waals surface area contributed by atoms with Crippen LogP contribution in [-0.2, 0) is 17.8 Å². The molecule has 0 spiro atoms. The maximum Gasteiger partial charge on any atom is 0.409 e. The van der Waals surface area contributed by atoms with Crippen LogP contribution < -0.4 is 5.56 Å². The van der Waals surface area contributed by atoms with E-state index in [-0.39, 0.29) is 11.8 Å². The largest absolute Gasteiger partial charge is 0.503 e. The molecule has 1 saturated heterocycles. The van der Waals surface area contributed by atoms with Gasteiger partial charge in [0.2, 0.25) is 0 Å². The summed E-state index contributed by atoms with van der Waals surface area (Å²) in [6.07, 6.45) is 1.38. The third-order valence-corrected chi connectivity index (χ3v) is 5.49. The molecule has 144 valence electrons. The third-order valence-electron chi connectivity index (χ3n) is 4.72. The van der Waals surface area contributed by atoms with Gasteiger partial charge in [0.15, 0.2) is 5.75 Å². The number of hydrogen-bond donors (Lipinski definition) is 1. The number of pyridine rings is 1. The topological polar surface area (TPSA) is 75.0 Å². The average Bonchev–Trinajstić information content (AvgIpc) is 2.69. The third kappa shape index (κ3) is 4.51. The zero-order valence-corrected chi connectivity index (χ0v) is 16.7. The van der Waals surface area contributed by atoms with Crippen LogP contribution >= 0.6 is 15.9 Å². The van der Waals surface area contributed by atoms with Crippen molar-refractivity contribution in [3.8, 4) is 5.75 Å². The van der Waals surface area contributed by atoms with Crippen LogP contribution in [-0.4, -0.2) is 58.9 Å². The van der Waals surface area contributed by atoms with Gasteiger partial charge in [-0.2, -0.15) is 0 Å². The van der Waals surface area contributed by atoms with Crippen molar-refractivity contribution in [3.05, 3.63) is 62.5 Å². The number of aromatic hydroxyl groups is 1. The highest BCUT2D eigenvalue weighted by atomic mass is 79.9. The van der Waals surface area contributed by atoms with Gasteiger partial charge in [0.25, 0.3) is 5.56 Å². The van der Waals surface area contributed by atoms with Crippen LogP contribution in [0.25, 0.3) is 0 Å². The van der Waals surface area contributed by atoms with E-state index in [1.807, 2.05) is 24.3 Å². The Morgan fingerprint density at radius 3 is 2.48 bits per heavy atom. The molecule has 1 N–H and O–H groups in total. The number of rotatable bonds is 4. The van der Waals surface area contributed by atoms with Gasteiger partial charge >= 0.3 is 6.09 Å². The Labute approximate surface area is 165 Å². The Bertz CT molecular complexity index is 875. The number of ether oxygens (including phenoxy) is 1. The highest BCUT2D eigenvalue weighted by molar-refractivity contribution is 9.10. The Morgan fingerprint density at radius 2 is 1.81 bits per heavy atom. The first-order chi connectivity index (χ1) is 13.0. The van der Waals surface area contributed by atoms with Gasteiger partial charge in [0.05, 0.1) is 13.7 Å². The average molecular weight is 436 g/mol. The molecule has 1 fully saturated rings. The predicted molar refractivity (Wildman–Crippen MR) is 105 cm³/mol. The van der Waals surface area contributed by atoms with Gasteiger partial charge in [0.1, 0.15) is 0 Å². The van der Waals surface area contributed by atoms with E-state index in [0.29, 0.717) is 44.8 Å². The van der Waals surface area contributed by atoms with Crippen LogP contribution in [0, 0.1) is 0 Å². The lowest BCUT2D eigenvalue weighted by Gasteiger charge is -2.33. The first-order valence-electron chi connectivity index (χ1n) is 8.69. The summed E-state index contributed by atoms with van der Waals surface area (Å²) in [6, 6.07) is 9.45. The number of hydrogen-bond acceptors (Lipinski definition) is 5. The number of benzene rings is 1. The molecule has 1 aromatic carbocycles. The molecular weight excluding hydrogens is 414 g/mol. The van der Waals surface area contributed by atoms with Gasteiger partial charge in [-0.25, -0.2) is 4.79 Å². The quantitative estimate of drug-likeness (QED) is 0.796. The lowest BCUT2D eigenvalue weighted by Crippen LogP contribution is -2.48. The van der Waals surface area contributed by atoms with Crippen molar-refractivity contribution in [1.82, 2.24) is 14.4 Å². The SMILES string of the molecule is COC(=O)N1CCN(Cc2ccn(Cc3ccccc3Br)c(=O)c2O)CC1. The highest BCUT2D eigenvalue weighted by Crippen LogP contribution is 2.19. The maximum atomic E-state index is 12.5. The summed E-state index contributed by atoms with van der Waals surface area (Å²) < 4.78 is 7.14. The van der Waals surface area contributed by atoms with Gasteiger partial charge in [-0.1, -0.05) is 34.1 Å². The van der Waals surface area contributed by atoms with Crippen LogP contribution in [0.4, 0.5) is 4.79 Å². The normalized spacial score (nSPS) is 15.0. The molecule has 2 aromatic rings. The molecule has 0 aliphatic carbocycles. The van der Waals surface area contributed by atoms with Crippen molar-refractivity contribution < 1.29 is 14.6 Å². The lowest BCUT2D eigenvalue weighted by atomic mass is 10.2. The van der Waals surface area contributed by atoms with Crippen molar-refractivity contribution in [2.24, 2.45) is 0 Å². The summed E-state index contributed by atoms with van der Waals surface area (Å²) in [7, 11) is 1.37. The predicted octanol–water partition coefficient (Wildman–Crippen LogP) is 2.25. The fraction of sp³-hybridized carbons (Fsp3) is 0.368. The van der Waals surface area contributed by atoms with E-state index in [0.717, 1.165) is 10.0 Å². The van der Waals surface area contributed by atoms with E-state index in [1.54, 1.807) is 17.2 Å². The molecular formula is C19H22BrN3O4. The number of halogens is 1. The van der Waals surface area contributed by atoms with Crippen LogP contribution in [0.2, 0.25) is 0 Å². The van der Waals surface area contributed by atoms with Crippen LogP contribution in [0.1, 0.15) is 11.1 Å². The smallest absolute Gasteiger partial charge is 0.409 e. The second-order valence-corrected chi connectivity index (χ2v) is 7.30. The van der Waals surface area contributed by atoms with Gasteiger partial charge in [-0.15, -0.1) is 0 Å². The number of aromatic nitrogens is 1. The molecule has 3 rings (SSSR count). The van der Waals surface area contributed by atoms with Gasteiger partial charge in [0, 0.05) is 49.0 Å². The molecule has 0 bridgehead atoms. The van der Waals surface area contributed by atoms with Crippen molar-refractivity contribution >= 4 is 22.0 Å². The van der Waals surface area contributed by atoms with E-state index in [9.17, 15) is 14.7 Å². The summed E-state index contributed by atoms with van der Waals surface area (Å²) >= 11 is 3.48. The number of piperazine rings is 1. The fourth-order valence-electron chi connectivity index (χ4n) is 3.12. The Morgan fingerprint density at radius 1 is 1.11 bits per heavy atom. The van der Waals surface area contributed by atoms with Crippen molar-refractivity contribution in [3.63, 3.8) is 0 Å². The lowest BCUT2D eigenvalue weighted by molar-refractivity contribution is 0.0885. The number of amides is 1. The van der Waals surface area contributed by atoms with E-state index >= 15 is 0 Å². The Hall–Kier alpha value is -2.32. The molecule has 1 aliphatic rings. The minimum atomic E-state index is -0.406. The molecule has 1 aliphatic heterocycles. The second-order valence-electron chi connectivity index (χ2n) is 6.45. The number of nitrogens with zero attached hydrogens (tertiary/aromatic N) is 3. The summed E-state index contributed by atoms with van der Waals surface area (Å²) in [5.41, 5.74) is 1.15. The Kier molecular flexibility index (Phi) is 6.18. The fourth-order valence-corrected chi connectivity index (χ4v) is 3.53. The molecule has 1 amide bonds. The number of methoxy groups -OCH3 is 1. The van der Waals surface area contributed by atoms with E-state index in [4.69, 9.17) is 4.74 Å². The molecule has 0 unspecified atom stereocenters. The van der Waals surface area contributed by atoms with Crippen LogP contribution in [0.3, 0.4) is 0 Å². The molecule has 0 radical (unpaired) electrons. The summed E-state index contributed by atoms with van der Waals surface area (Å²) in [5.74, 6) is -0.222. The molecule has 1 aromatic heterocycles. The zero-order chi connectivity index (χ0) is 19.4.